The number of unbranched alkanes of at least 4 members (excludes halogenated alkanes) is 1. The zero-order valence-corrected chi connectivity index (χ0v) is 15.7. The van der Waals surface area contributed by atoms with Crippen LogP contribution in [0.5, 0.6) is 0 Å². The molecule has 0 saturated heterocycles. The zero-order valence-electron chi connectivity index (χ0n) is 14.9. The number of amides is 1. The van der Waals surface area contributed by atoms with Gasteiger partial charge in [-0.2, -0.15) is 0 Å². The molecule has 0 bridgehead atoms. The highest BCUT2D eigenvalue weighted by Crippen LogP contribution is 2.24. The van der Waals surface area contributed by atoms with Crippen LogP contribution < -0.4 is 5.32 Å². The summed E-state index contributed by atoms with van der Waals surface area (Å²) in [6.45, 7) is 6.13. The van der Waals surface area contributed by atoms with E-state index >= 15 is 0 Å². The first-order valence-corrected chi connectivity index (χ1v) is 9.22. The topological polar surface area (TPSA) is 85.6 Å². The average molecular weight is 372 g/mol. The highest BCUT2D eigenvalue weighted by Gasteiger charge is 2.19. The van der Waals surface area contributed by atoms with Crippen LogP contribution in [0.3, 0.4) is 0 Å². The molecule has 0 aliphatic carbocycles. The average Bonchev–Trinajstić information content (AvgIpc) is 3.15. The number of hydrogen-bond acceptors (Lipinski definition) is 6. The molecule has 0 aliphatic heterocycles. The van der Waals surface area contributed by atoms with Crippen molar-refractivity contribution in [3.63, 3.8) is 0 Å². The molecule has 0 saturated carbocycles. The van der Waals surface area contributed by atoms with E-state index in [1.165, 1.54) is 11.3 Å². The van der Waals surface area contributed by atoms with Crippen molar-refractivity contribution in [2.75, 3.05) is 11.9 Å². The monoisotopic (exact) mass is 372 g/mol. The van der Waals surface area contributed by atoms with Crippen LogP contribution >= 0.6 is 11.3 Å². The predicted octanol–water partition coefficient (Wildman–Crippen LogP) is 3.62. The van der Waals surface area contributed by atoms with E-state index in [-0.39, 0.29) is 11.9 Å². The Morgan fingerprint density at radius 2 is 2.08 bits per heavy atom. The van der Waals surface area contributed by atoms with Crippen LogP contribution in [0.25, 0.3) is 4.96 Å². The number of benzene rings is 1. The third-order valence-electron chi connectivity index (χ3n) is 3.95. The van der Waals surface area contributed by atoms with Crippen LogP contribution in [-0.2, 0) is 4.74 Å². The molecule has 26 heavy (non-hydrogen) atoms. The lowest BCUT2D eigenvalue weighted by Gasteiger charge is -2.07. The summed E-state index contributed by atoms with van der Waals surface area (Å²) in [5, 5.41) is 10.9. The van der Waals surface area contributed by atoms with Gasteiger partial charge in [-0.3, -0.25) is 9.20 Å². The van der Waals surface area contributed by atoms with Gasteiger partial charge in [0.1, 0.15) is 10.7 Å². The van der Waals surface area contributed by atoms with Crippen molar-refractivity contribution in [1.82, 2.24) is 14.6 Å². The van der Waals surface area contributed by atoms with Crippen LogP contribution in [0.1, 0.15) is 51.3 Å². The van der Waals surface area contributed by atoms with Crippen LogP contribution in [0.2, 0.25) is 0 Å². The van der Waals surface area contributed by atoms with Gasteiger partial charge in [0.25, 0.3) is 5.91 Å². The molecule has 2 aromatic heterocycles. The first kappa shape index (κ1) is 18.1. The number of carbonyl (C=O) groups excluding carboxylic acids is 2. The fourth-order valence-electron chi connectivity index (χ4n) is 2.58. The van der Waals surface area contributed by atoms with E-state index in [2.05, 4.69) is 15.5 Å². The molecule has 1 amide bonds. The SMILES string of the molecule is CCCCOC(=O)c1cccc(NC(=O)c2sc3nnc(C)n3c2C)c1. The third-order valence-corrected chi connectivity index (χ3v) is 5.08. The minimum atomic E-state index is -0.387. The summed E-state index contributed by atoms with van der Waals surface area (Å²) in [7, 11) is 0. The molecular formula is C18H20N4O3S. The molecule has 7 nitrogen and oxygen atoms in total. The number of anilines is 1. The molecule has 0 radical (unpaired) electrons. The molecule has 8 heteroatoms. The van der Waals surface area contributed by atoms with Gasteiger partial charge in [-0.15, -0.1) is 10.2 Å². The number of aromatic nitrogens is 3. The number of esters is 1. The molecule has 3 rings (SSSR count). The van der Waals surface area contributed by atoms with E-state index in [9.17, 15) is 9.59 Å². The van der Waals surface area contributed by atoms with Gasteiger partial charge >= 0.3 is 5.97 Å². The van der Waals surface area contributed by atoms with Gasteiger partial charge in [-0.05, 0) is 38.5 Å². The molecule has 0 aliphatic rings. The fourth-order valence-corrected chi connectivity index (χ4v) is 3.58. The molecule has 0 fully saturated rings. The highest BCUT2D eigenvalue weighted by molar-refractivity contribution is 7.19. The largest absolute Gasteiger partial charge is 0.462 e. The Morgan fingerprint density at radius 3 is 2.81 bits per heavy atom. The van der Waals surface area contributed by atoms with E-state index in [4.69, 9.17) is 4.74 Å². The van der Waals surface area contributed by atoms with Gasteiger partial charge in [-0.25, -0.2) is 4.79 Å². The lowest BCUT2D eigenvalue weighted by molar-refractivity contribution is 0.0499. The molecule has 0 unspecified atom stereocenters. The van der Waals surface area contributed by atoms with Crippen LogP contribution in [-0.4, -0.2) is 33.1 Å². The lowest BCUT2D eigenvalue weighted by atomic mass is 10.2. The Morgan fingerprint density at radius 1 is 1.27 bits per heavy atom. The summed E-state index contributed by atoms with van der Waals surface area (Å²) in [6, 6.07) is 6.74. The Balaban J connectivity index is 1.75. The van der Waals surface area contributed by atoms with E-state index in [0.717, 1.165) is 24.4 Å². The number of hydrogen-bond donors (Lipinski definition) is 1. The molecular weight excluding hydrogens is 352 g/mol. The maximum Gasteiger partial charge on any atom is 0.338 e. The van der Waals surface area contributed by atoms with Crippen molar-refractivity contribution in [3.05, 3.63) is 46.2 Å². The second kappa shape index (κ2) is 7.65. The van der Waals surface area contributed by atoms with Crippen molar-refractivity contribution < 1.29 is 14.3 Å². The number of aryl methyl sites for hydroxylation is 2. The van der Waals surface area contributed by atoms with E-state index in [0.29, 0.717) is 27.7 Å². The minimum absolute atomic E-state index is 0.242. The van der Waals surface area contributed by atoms with Crippen molar-refractivity contribution in [2.45, 2.75) is 33.6 Å². The highest BCUT2D eigenvalue weighted by atomic mass is 32.1. The Bertz CT molecular complexity index is 961. The first-order chi connectivity index (χ1) is 12.5. The summed E-state index contributed by atoms with van der Waals surface area (Å²) in [5.41, 5.74) is 1.75. The number of nitrogens with zero attached hydrogens (tertiary/aromatic N) is 3. The Kier molecular flexibility index (Phi) is 5.32. The summed E-state index contributed by atoms with van der Waals surface area (Å²) >= 11 is 1.28. The standard InChI is InChI=1S/C18H20N4O3S/c1-4-5-9-25-17(24)13-7-6-8-14(10-13)19-16(23)15-11(2)22-12(3)20-21-18(22)26-15/h6-8,10H,4-5,9H2,1-3H3,(H,19,23). The molecule has 0 atom stereocenters. The number of ether oxygens (including phenoxy) is 1. The number of nitrogens with one attached hydrogen (secondary N) is 1. The van der Waals surface area contributed by atoms with E-state index in [1.807, 2.05) is 25.2 Å². The van der Waals surface area contributed by atoms with Gasteiger partial charge < -0.3 is 10.1 Å². The number of rotatable bonds is 6. The maximum atomic E-state index is 12.6. The van der Waals surface area contributed by atoms with Gasteiger partial charge in [0, 0.05) is 11.4 Å². The zero-order chi connectivity index (χ0) is 18.7. The summed E-state index contributed by atoms with van der Waals surface area (Å²) in [5.74, 6) is 0.112. The summed E-state index contributed by atoms with van der Waals surface area (Å²) in [4.78, 5) is 25.9. The molecule has 1 aromatic carbocycles. The quantitative estimate of drug-likeness (QED) is 0.528. The van der Waals surface area contributed by atoms with Crippen molar-refractivity contribution in [3.8, 4) is 0 Å². The molecule has 0 spiro atoms. The molecule has 136 valence electrons. The van der Waals surface area contributed by atoms with Crippen molar-refractivity contribution in [1.29, 1.82) is 0 Å². The van der Waals surface area contributed by atoms with Crippen LogP contribution in [0.15, 0.2) is 24.3 Å². The third kappa shape index (κ3) is 3.60. The van der Waals surface area contributed by atoms with Gasteiger partial charge in [0.05, 0.1) is 12.2 Å². The number of fused-ring (bicyclic) bond motifs is 1. The van der Waals surface area contributed by atoms with E-state index < -0.39 is 0 Å². The minimum Gasteiger partial charge on any atom is -0.462 e. The number of thiazole rings is 1. The Labute approximate surface area is 155 Å². The van der Waals surface area contributed by atoms with Gasteiger partial charge in [0.15, 0.2) is 0 Å². The summed E-state index contributed by atoms with van der Waals surface area (Å²) in [6.07, 6.45) is 1.79. The molecule has 2 heterocycles. The van der Waals surface area contributed by atoms with E-state index in [1.54, 1.807) is 24.3 Å². The second-order valence-corrected chi connectivity index (χ2v) is 6.88. The summed E-state index contributed by atoms with van der Waals surface area (Å²) < 4.78 is 7.06. The Hall–Kier alpha value is -2.74. The van der Waals surface area contributed by atoms with Crippen molar-refractivity contribution >= 4 is 33.9 Å². The number of carbonyl (C=O) groups is 2. The molecule has 1 N–H and O–H groups in total. The second-order valence-electron chi connectivity index (χ2n) is 5.91. The first-order valence-electron chi connectivity index (χ1n) is 8.41. The lowest BCUT2D eigenvalue weighted by Crippen LogP contribution is -2.13. The predicted molar refractivity (Wildman–Crippen MR) is 99.9 cm³/mol. The van der Waals surface area contributed by atoms with Crippen molar-refractivity contribution in [2.24, 2.45) is 0 Å². The normalized spacial score (nSPS) is 10.9. The fraction of sp³-hybridized carbons (Fsp3) is 0.333. The van der Waals surface area contributed by atoms with Crippen LogP contribution in [0, 0.1) is 13.8 Å². The van der Waals surface area contributed by atoms with Gasteiger partial charge in [0.2, 0.25) is 4.96 Å². The van der Waals surface area contributed by atoms with Gasteiger partial charge in [-0.1, -0.05) is 30.7 Å². The van der Waals surface area contributed by atoms with Crippen LogP contribution in [0.4, 0.5) is 5.69 Å². The molecule has 3 aromatic rings. The smallest absolute Gasteiger partial charge is 0.338 e. The maximum absolute atomic E-state index is 12.6.